The predicted molar refractivity (Wildman–Crippen MR) is 141 cm³/mol. The summed E-state index contributed by atoms with van der Waals surface area (Å²) in [5.74, 6) is -8.29. The number of rotatable bonds is 14. The van der Waals surface area contributed by atoms with Crippen molar-refractivity contribution < 1.29 is 52.2 Å². The van der Waals surface area contributed by atoms with Crippen LogP contribution < -0.4 is 4.74 Å². The molecule has 0 spiro atoms. The average molecular weight is 586 g/mol. The third kappa shape index (κ3) is 7.49. The average Bonchev–Trinajstić information content (AvgIpc) is 2.83. The maximum absolute atomic E-state index is 15.2. The van der Waals surface area contributed by atoms with Gasteiger partial charge in [-0.1, -0.05) is 20.3 Å². The Hall–Kier alpha value is -3.35. The summed E-state index contributed by atoms with van der Waals surface area (Å²) in [6.45, 7) is 3.42. The number of aromatic hydroxyl groups is 1. The first kappa shape index (κ1) is 32.2. The van der Waals surface area contributed by atoms with Crippen LogP contribution >= 0.6 is 0 Å². The van der Waals surface area contributed by atoms with Crippen molar-refractivity contribution in [2.24, 2.45) is 17.3 Å². The van der Waals surface area contributed by atoms with Crippen LogP contribution in [-0.4, -0.2) is 73.3 Å². The minimum atomic E-state index is -4.17. The van der Waals surface area contributed by atoms with Gasteiger partial charge in [-0.25, -0.2) is 9.59 Å². The van der Waals surface area contributed by atoms with Crippen LogP contribution in [0.1, 0.15) is 69.4 Å². The molecule has 41 heavy (non-hydrogen) atoms. The van der Waals surface area contributed by atoms with Crippen LogP contribution in [0, 0.1) is 27.4 Å². The number of halogens is 2. The summed E-state index contributed by atoms with van der Waals surface area (Å²) in [5, 5.41) is 20.2. The Morgan fingerprint density at radius 1 is 1.15 bits per heavy atom. The lowest BCUT2D eigenvalue weighted by Gasteiger charge is -2.59. The van der Waals surface area contributed by atoms with Crippen molar-refractivity contribution in [3.63, 3.8) is 0 Å². The number of ether oxygens (including phenoxy) is 2. The number of hydrogen-bond donors (Lipinski definition) is 1. The number of nitrogens with zero attached hydrogens (tertiary/aromatic N) is 2. The molecule has 0 saturated heterocycles. The van der Waals surface area contributed by atoms with Gasteiger partial charge >= 0.3 is 17.9 Å². The first-order valence-electron chi connectivity index (χ1n) is 13.7. The zero-order valence-corrected chi connectivity index (χ0v) is 24.1. The number of carbonyl (C=O) groups is 3. The molecule has 1 aromatic rings. The van der Waals surface area contributed by atoms with Crippen molar-refractivity contribution in [1.29, 1.82) is 0 Å². The number of hydrogen-bond acceptors (Lipinski definition) is 9. The molecule has 3 fully saturated rings. The molecule has 0 radical (unpaired) electrons. The highest BCUT2D eigenvalue weighted by atomic mass is 19.3. The van der Waals surface area contributed by atoms with Gasteiger partial charge in [0.1, 0.15) is 17.3 Å². The molecular weight excluding hydrogens is 546 g/mol. The molecule has 3 aliphatic carbocycles. The van der Waals surface area contributed by atoms with Crippen LogP contribution in [0.25, 0.3) is 0 Å². The predicted octanol–water partition coefficient (Wildman–Crippen LogP) is 4.13. The fraction of sp³-hybridized carbons (Fsp3) is 0.679. The molecule has 1 N–H and O–H groups in total. The van der Waals surface area contributed by atoms with Crippen LogP contribution in [0.5, 0.6) is 11.5 Å². The number of esters is 2. The maximum Gasteiger partial charge on any atom is 0.381 e. The molecular formula is C28H39F2N2O9+. The van der Waals surface area contributed by atoms with Crippen molar-refractivity contribution in [2.45, 2.75) is 64.2 Å². The molecule has 228 valence electrons. The Morgan fingerprint density at radius 3 is 2.34 bits per heavy atom. The van der Waals surface area contributed by atoms with Crippen LogP contribution in [-0.2, 0) is 29.9 Å². The molecule has 0 heterocycles. The van der Waals surface area contributed by atoms with E-state index in [0.717, 1.165) is 12.1 Å². The van der Waals surface area contributed by atoms with Gasteiger partial charge in [0.15, 0.2) is 6.54 Å². The third-order valence-corrected chi connectivity index (χ3v) is 8.04. The van der Waals surface area contributed by atoms with Gasteiger partial charge in [-0.3, -0.25) is 4.79 Å². The van der Waals surface area contributed by atoms with Crippen LogP contribution in [0.4, 0.5) is 8.78 Å². The second kappa shape index (κ2) is 12.3. The van der Waals surface area contributed by atoms with E-state index in [4.69, 9.17) is 9.47 Å². The summed E-state index contributed by atoms with van der Waals surface area (Å²) in [6, 6.07) is 1.65. The van der Waals surface area contributed by atoms with Gasteiger partial charge in [-0.2, -0.15) is 8.78 Å². The number of unbranched alkanes of at least 4 members (excludes halogenated alkanes) is 3. The lowest BCUT2D eigenvalue weighted by atomic mass is 9.44. The Morgan fingerprint density at radius 2 is 1.78 bits per heavy atom. The van der Waals surface area contributed by atoms with Crippen LogP contribution in [0.15, 0.2) is 12.1 Å². The first-order valence-corrected chi connectivity index (χ1v) is 13.7. The molecule has 3 atom stereocenters. The zero-order valence-electron chi connectivity index (χ0n) is 24.1. The van der Waals surface area contributed by atoms with E-state index in [0.29, 0.717) is 25.7 Å². The number of fused-ring (bicyclic) bond motifs is 2. The normalized spacial score (nSPS) is 21.5. The number of Topliss-reactive ketones (excluding diaryl/α,β-unsaturated/α-hetero) is 1. The van der Waals surface area contributed by atoms with E-state index in [2.05, 4.69) is 4.84 Å². The Bertz CT molecular complexity index is 1180. The Kier molecular flexibility index (Phi) is 9.62. The highest BCUT2D eigenvalue weighted by Crippen LogP contribution is 2.64. The molecule has 13 heteroatoms. The number of ketones is 1. The van der Waals surface area contributed by atoms with Crippen molar-refractivity contribution in [1.82, 2.24) is 0 Å². The quantitative estimate of drug-likeness (QED) is 0.0852. The van der Waals surface area contributed by atoms with Gasteiger partial charge in [-0.15, -0.1) is 10.1 Å². The first-order chi connectivity index (χ1) is 18.9. The number of alkyl halides is 2. The smallest absolute Gasteiger partial charge is 0.381 e. The number of quaternary nitrogens is 1. The second-order valence-electron chi connectivity index (χ2n) is 12.5. The number of benzene rings is 1. The molecule has 0 aliphatic heterocycles. The summed E-state index contributed by atoms with van der Waals surface area (Å²) >= 11 is 0. The van der Waals surface area contributed by atoms with Crippen LogP contribution in [0.3, 0.4) is 0 Å². The van der Waals surface area contributed by atoms with Gasteiger partial charge in [-0.05, 0) is 49.1 Å². The standard InChI is InChI=1S/C28H38F2N2O9/c1-27(2)19-15-20(27)21(33)14-18(19)25-22(34)12-17(13-23(25)41-24(35)16-32(3,4)5)28(29,30)26(36)39-10-8-6-7-9-11-40-31(37)38/h12-13,18-20H,6-11,14-16H2,1-5H3/p+1/t18-,19-,20+/m0/s1. The van der Waals surface area contributed by atoms with E-state index in [1.54, 1.807) is 21.1 Å². The summed E-state index contributed by atoms with van der Waals surface area (Å²) < 4.78 is 41.0. The minimum absolute atomic E-state index is 0.00817. The zero-order chi connectivity index (χ0) is 30.8. The fourth-order valence-electron chi connectivity index (χ4n) is 5.86. The van der Waals surface area contributed by atoms with E-state index >= 15 is 8.78 Å². The van der Waals surface area contributed by atoms with Crippen LogP contribution in [0.2, 0.25) is 0 Å². The van der Waals surface area contributed by atoms with E-state index in [9.17, 15) is 29.6 Å². The molecule has 0 aromatic heterocycles. The maximum atomic E-state index is 15.2. The number of carbonyl (C=O) groups excluding carboxylic acids is 3. The summed E-state index contributed by atoms with van der Waals surface area (Å²) in [7, 11) is 5.24. The summed E-state index contributed by atoms with van der Waals surface area (Å²) in [5.41, 5.74) is -1.15. The largest absolute Gasteiger partial charge is 0.508 e. The van der Waals surface area contributed by atoms with Gasteiger partial charge < -0.3 is 23.9 Å². The molecule has 2 bridgehead atoms. The molecule has 0 amide bonds. The van der Waals surface area contributed by atoms with Gasteiger partial charge in [0.25, 0.3) is 5.09 Å². The lowest BCUT2D eigenvalue weighted by Crippen LogP contribution is -2.56. The monoisotopic (exact) mass is 585 g/mol. The minimum Gasteiger partial charge on any atom is -0.508 e. The van der Waals surface area contributed by atoms with Crippen molar-refractivity contribution >= 4 is 17.7 Å². The van der Waals surface area contributed by atoms with E-state index in [-0.39, 0.29) is 71.4 Å². The van der Waals surface area contributed by atoms with Crippen molar-refractivity contribution in [2.75, 3.05) is 40.9 Å². The van der Waals surface area contributed by atoms with Crippen molar-refractivity contribution in [3.8, 4) is 11.5 Å². The third-order valence-electron chi connectivity index (χ3n) is 8.04. The molecule has 1 aromatic carbocycles. The van der Waals surface area contributed by atoms with E-state index < -0.39 is 40.2 Å². The fourth-order valence-corrected chi connectivity index (χ4v) is 5.86. The highest BCUT2D eigenvalue weighted by molar-refractivity contribution is 5.86. The summed E-state index contributed by atoms with van der Waals surface area (Å²) in [4.78, 5) is 52.2. The van der Waals surface area contributed by atoms with Gasteiger partial charge in [0.05, 0.1) is 34.4 Å². The van der Waals surface area contributed by atoms with E-state index in [1.165, 1.54) is 0 Å². The highest BCUT2D eigenvalue weighted by Gasteiger charge is 2.59. The van der Waals surface area contributed by atoms with Crippen molar-refractivity contribution in [3.05, 3.63) is 33.4 Å². The molecule has 4 rings (SSSR count). The number of likely N-dealkylation sites (N-methyl/N-ethyl adjacent to an activating group) is 1. The molecule has 3 aliphatic rings. The summed E-state index contributed by atoms with van der Waals surface area (Å²) in [6.07, 6.45) is 2.31. The SMILES string of the molecule is CC1(C)[C@@H]2C[C@H]1[C@@H](c1c(O)cc(C(F)(F)C(=O)OCCCCCCO[N+](=O)[O-])cc1OC(=O)C[N+](C)(C)C)CC2=O. The molecule has 0 unspecified atom stereocenters. The second-order valence-corrected chi connectivity index (χ2v) is 12.5. The molecule has 3 saturated carbocycles. The Balaban J connectivity index is 1.80. The topological polar surface area (TPSA) is 142 Å². The number of phenolic OH excluding ortho intramolecular Hbond substituents is 1. The Labute approximate surface area is 237 Å². The van der Waals surface area contributed by atoms with Gasteiger partial charge in [0.2, 0.25) is 0 Å². The van der Waals surface area contributed by atoms with Gasteiger partial charge in [0, 0.05) is 29.4 Å². The molecule has 11 nitrogen and oxygen atoms in total. The lowest BCUT2D eigenvalue weighted by molar-refractivity contribution is -0.862. The number of phenols is 1. The van der Waals surface area contributed by atoms with E-state index in [1.807, 2.05) is 13.8 Å².